The Morgan fingerprint density at radius 3 is 2.00 bits per heavy atom. The summed E-state index contributed by atoms with van der Waals surface area (Å²) < 4.78 is 5.60. The maximum Gasteiger partial charge on any atom is 0.306 e. The van der Waals surface area contributed by atoms with Crippen molar-refractivity contribution in [3.05, 3.63) is 0 Å². The van der Waals surface area contributed by atoms with Crippen molar-refractivity contribution in [2.45, 2.75) is 110 Å². The lowest BCUT2D eigenvalue weighted by molar-refractivity contribution is -0.150. The lowest BCUT2D eigenvalue weighted by atomic mass is 10.0. The first kappa shape index (κ1) is 21.9. The smallest absolute Gasteiger partial charge is 0.306 e. The largest absolute Gasteiger partial charge is 0.481 e. The summed E-state index contributed by atoms with van der Waals surface area (Å²) in [6.45, 7) is 4.37. The molecule has 1 unspecified atom stereocenters. The molecular weight excluding hydrogens is 292 g/mol. The van der Waals surface area contributed by atoms with Gasteiger partial charge in [0.2, 0.25) is 0 Å². The molecule has 0 aliphatic rings. The highest BCUT2D eigenvalue weighted by atomic mass is 16.5. The summed E-state index contributed by atoms with van der Waals surface area (Å²) in [5, 5.41) is 8.58. The van der Waals surface area contributed by atoms with Crippen LogP contribution in [0, 0.1) is 0 Å². The SMILES string of the molecule is CCCCCCCCC(CCCC)OC(=O)CCCCC(=O)O. The fourth-order valence-corrected chi connectivity index (χ4v) is 2.64. The highest BCUT2D eigenvalue weighted by molar-refractivity contribution is 5.70. The summed E-state index contributed by atoms with van der Waals surface area (Å²) in [4.78, 5) is 22.3. The number of unbranched alkanes of at least 4 members (excludes halogenated alkanes) is 7. The van der Waals surface area contributed by atoms with E-state index in [4.69, 9.17) is 9.84 Å². The van der Waals surface area contributed by atoms with Gasteiger partial charge in [-0.05, 0) is 32.1 Å². The van der Waals surface area contributed by atoms with Crippen LogP contribution in [0.1, 0.15) is 104 Å². The molecule has 0 spiro atoms. The lowest BCUT2D eigenvalue weighted by Gasteiger charge is -2.18. The second kappa shape index (κ2) is 15.8. The van der Waals surface area contributed by atoms with Crippen molar-refractivity contribution < 1.29 is 19.4 Å². The van der Waals surface area contributed by atoms with Crippen LogP contribution in [0.25, 0.3) is 0 Å². The van der Waals surface area contributed by atoms with Crippen LogP contribution in [-0.2, 0) is 14.3 Å². The van der Waals surface area contributed by atoms with E-state index >= 15 is 0 Å². The Morgan fingerprint density at radius 2 is 1.35 bits per heavy atom. The number of esters is 1. The van der Waals surface area contributed by atoms with Gasteiger partial charge in [0.15, 0.2) is 0 Å². The molecule has 0 aliphatic heterocycles. The Balaban J connectivity index is 3.87. The normalized spacial score (nSPS) is 12.1. The van der Waals surface area contributed by atoms with Gasteiger partial charge in [0, 0.05) is 12.8 Å². The van der Waals surface area contributed by atoms with Crippen LogP contribution in [0.3, 0.4) is 0 Å². The molecule has 0 saturated carbocycles. The van der Waals surface area contributed by atoms with Crippen molar-refractivity contribution in [1.82, 2.24) is 0 Å². The van der Waals surface area contributed by atoms with Crippen molar-refractivity contribution >= 4 is 11.9 Å². The maximum absolute atomic E-state index is 11.9. The van der Waals surface area contributed by atoms with E-state index in [1.54, 1.807) is 0 Å². The minimum Gasteiger partial charge on any atom is -0.481 e. The Hall–Kier alpha value is -1.06. The number of carbonyl (C=O) groups excluding carboxylic acids is 1. The van der Waals surface area contributed by atoms with Crippen LogP contribution in [0.2, 0.25) is 0 Å². The number of ether oxygens (including phenoxy) is 1. The molecule has 0 aromatic heterocycles. The molecule has 0 amide bonds. The van der Waals surface area contributed by atoms with E-state index < -0.39 is 5.97 Å². The molecule has 4 heteroatoms. The van der Waals surface area contributed by atoms with Gasteiger partial charge in [-0.15, -0.1) is 0 Å². The summed E-state index contributed by atoms with van der Waals surface area (Å²) in [5.41, 5.74) is 0. The Bertz CT molecular complexity index is 302. The summed E-state index contributed by atoms with van der Waals surface area (Å²) in [6, 6.07) is 0. The molecule has 1 atom stereocenters. The summed E-state index contributed by atoms with van der Waals surface area (Å²) >= 11 is 0. The number of hydrogen-bond donors (Lipinski definition) is 1. The number of carboxylic acids is 1. The van der Waals surface area contributed by atoms with E-state index in [1.165, 1.54) is 32.1 Å². The average molecular weight is 328 g/mol. The Kier molecular flexibility index (Phi) is 15.1. The molecule has 0 aromatic rings. The van der Waals surface area contributed by atoms with Gasteiger partial charge in [0.25, 0.3) is 0 Å². The third-order valence-corrected chi connectivity index (χ3v) is 4.08. The molecule has 0 fully saturated rings. The molecule has 4 nitrogen and oxygen atoms in total. The summed E-state index contributed by atoms with van der Waals surface area (Å²) in [7, 11) is 0. The van der Waals surface area contributed by atoms with E-state index in [1.807, 2.05) is 0 Å². The molecule has 0 radical (unpaired) electrons. The second-order valence-corrected chi connectivity index (χ2v) is 6.41. The first-order valence-corrected chi connectivity index (χ1v) is 9.51. The monoisotopic (exact) mass is 328 g/mol. The van der Waals surface area contributed by atoms with Gasteiger partial charge in [-0.2, -0.15) is 0 Å². The number of carboxylic acid groups (broad SMARTS) is 1. The fourth-order valence-electron chi connectivity index (χ4n) is 2.64. The van der Waals surface area contributed by atoms with Gasteiger partial charge >= 0.3 is 11.9 Å². The van der Waals surface area contributed by atoms with Crippen LogP contribution in [0.15, 0.2) is 0 Å². The molecule has 0 aliphatic carbocycles. The van der Waals surface area contributed by atoms with Crippen molar-refractivity contribution in [3.63, 3.8) is 0 Å². The van der Waals surface area contributed by atoms with E-state index in [9.17, 15) is 9.59 Å². The molecule has 23 heavy (non-hydrogen) atoms. The number of rotatable bonds is 16. The van der Waals surface area contributed by atoms with Crippen molar-refractivity contribution in [1.29, 1.82) is 0 Å². The Labute approximate surface area is 142 Å². The highest BCUT2D eigenvalue weighted by Gasteiger charge is 2.14. The van der Waals surface area contributed by atoms with E-state index in [2.05, 4.69) is 13.8 Å². The predicted molar refractivity (Wildman–Crippen MR) is 93.5 cm³/mol. The molecule has 136 valence electrons. The van der Waals surface area contributed by atoms with Crippen LogP contribution < -0.4 is 0 Å². The first-order valence-electron chi connectivity index (χ1n) is 9.51. The van der Waals surface area contributed by atoms with Gasteiger partial charge < -0.3 is 9.84 Å². The minimum absolute atomic E-state index is 0.0492. The van der Waals surface area contributed by atoms with Crippen molar-refractivity contribution in [2.75, 3.05) is 0 Å². The zero-order valence-corrected chi connectivity index (χ0v) is 15.1. The minimum atomic E-state index is -0.803. The zero-order valence-electron chi connectivity index (χ0n) is 15.1. The summed E-state index contributed by atoms with van der Waals surface area (Å²) in [6.07, 6.45) is 13.3. The number of aliphatic carboxylic acids is 1. The highest BCUT2D eigenvalue weighted by Crippen LogP contribution is 2.16. The molecule has 0 rings (SSSR count). The predicted octanol–water partition coefficient (Wildman–Crippen LogP) is 5.48. The topological polar surface area (TPSA) is 63.6 Å². The van der Waals surface area contributed by atoms with Gasteiger partial charge in [-0.3, -0.25) is 9.59 Å². The van der Waals surface area contributed by atoms with Crippen LogP contribution in [-0.4, -0.2) is 23.1 Å². The van der Waals surface area contributed by atoms with E-state index in [-0.39, 0.29) is 18.5 Å². The van der Waals surface area contributed by atoms with Crippen LogP contribution >= 0.6 is 0 Å². The van der Waals surface area contributed by atoms with Crippen LogP contribution in [0.4, 0.5) is 0 Å². The average Bonchev–Trinajstić information content (AvgIpc) is 2.52. The molecule has 0 bridgehead atoms. The molecule has 0 heterocycles. The first-order chi connectivity index (χ1) is 11.1. The number of carbonyl (C=O) groups is 2. The van der Waals surface area contributed by atoms with Gasteiger partial charge in [0.1, 0.15) is 6.10 Å². The van der Waals surface area contributed by atoms with Crippen molar-refractivity contribution in [2.24, 2.45) is 0 Å². The van der Waals surface area contributed by atoms with Gasteiger partial charge in [-0.25, -0.2) is 0 Å². The molecule has 0 aromatic carbocycles. The zero-order chi connectivity index (χ0) is 17.3. The Morgan fingerprint density at radius 1 is 0.783 bits per heavy atom. The number of hydrogen-bond acceptors (Lipinski definition) is 3. The van der Waals surface area contributed by atoms with Gasteiger partial charge in [0.05, 0.1) is 0 Å². The third kappa shape index (κ3) is 15.6. The van der Waals surface area contributed by atoms with Gasteiger partial charge in [-0.1, -0.05) is 58.8 Å². The quantitative estimate of drug-likeness (QED) is 0.301. The summed E-state index contributed by atoms with van der Waals surface area (Å²) in [5.74, 6) is -0.968. The van der Waals surface area contributed by atoms with E-state index in [0.717, 1.165) is 32.1 Å². The van der Waals surface area contributed by atoms with Crippen molar-refractivity contribution in [3.8, 4) is 0 Å². The van der Waals surface area contributed by atoms with Crippen LogP contribution in [0.5, 0.6) is 0 Å². The molecule has 1 N–H and O–H groups in total. The second-order valence-electron chi connectivity index (χ2n) is 6.41. The molecule has 0 saturated heterocycles. The molecular formula is C19H36O4. The third-order valence-electron chi connectivity index (χ3n) is 4.08. The van der Waals surface area contributed by atoms with E-state index in [0.29, 0.717) is 19.3 Å². The fraction of sp³-hybridized carbons (Fsp3) is 0.895. The standard InChI is InChI=1S/C19H36O4/c1-3-5-7-8-9-10-14-17(13-6-4-2)23-19(22)16-12-11-15-18(20)21/h17H,3-16H2,1-2H3,(H,20,21). The lowest BCUT2D eigenvalue weighted by Crippen LogP contribution is -2.18. The maximum atomic E-state index is 11.9.